The molecule has 82 valence electrons. The Bertz CT molecular complexity index is 603. The highest BCUT2D eigenvalue weighted by Crippen LogP contribution is 2.32. The molecular weight excluding hydrogens is 238 g/mol. The molecule has 0 saturated heterocycles. The van der Waals surface area contributed by atoms with Gasteiger partial charge in [0, 0.05) is 16.5 Å². The number of fused-ring (bicyclic) bond motifs is 1. The monoisotopic (exact) mass is 241 g/mol. The molecule has 6 nitrogen and oxygen atoms in total. The first-order valence-electron chi connectivity index (χ1n) is 4.10. The van der Waals surface area contributed by atoms with Crippen molar-refractivity contribution >= 4 is 34.2 Å². The van der Waals surface area contributed by atoms with Crippen LogP contribution in [0.25, 0.3) is 11.0 Å². The van der Waals surface area contributed by atoms with Crippen LogP contribution in [0.1, 0.15) is 10.6 Å². The summed E-state index contributed by atoms with van der Waals surface area (Å²) < 4.78 is 4.88. The molecule has 1 heterocycles. The Balaban J connectivity index is 2.80. The van der Waals surface area contributed by atoms with E-state index in [0.29, 0.717) is 0 Å². The highest BCUT2D eigenvalue weighted by molar-refractivity contribution is 6.31. The molecule has 0 radical (unpaired) electrons. The molecule has 2 rings (SSSR count). The largest absolute Gasteiger partial charge is 0.475 e. The Labute approximate surface area is 93.2 Å². The highest BCUT2D eigenvalue weighted by Gasteiger charge is 2.20. The van der Waals surface area contributed by atoms with Crippen molar-refractivity contribution in [1.29, 1.82) is 0 Å². The number of rotatable bonds is 2. The van der Waals surface area contributed by atoms with E-state index in [1.54, 1.807) is 0 Å². The molecule has 16 heavy (non-hydrogen) atoms. The lowest BCUT2D eigenvalue weighted by molar-refractivity contribution is -0.383. The topological polar surface area (TPSA) is 93.6 Å². The second-order valence-corrected chi connectivity index (χ2v) is 3.45. The maximum absolute atomic E-state index is 10.7. The maximum Gasteiger partial charge on any atom is 0.371 e. The van der Waals surface area contributed by atoms with Crippen LogP contribution in [0.15, 0.2) is 22.6 Å². The SMILES string of the molecule is O=C(O)c1cc2cc(Cl)cc([N+](=O)[O-])c2o1. The van der Waals surface area contributed by atoms with Gasteiger partial charge < -0.3 is 9.52 Å². The second kappa shape index (κ2) is 3.49. The molecule has 0 aliphatic rings. The smallest absolute Gasteiger partial charge is 0.371 e. The number of halogens is 1. The van der Waals surface area contributed by atoms with E-state index < -0.39 is 10.9 Å². The van der Waals surface area contributed by atoms with Gasteiger partial charge >= 0.3 is 11.7 Å². The van der Waals surface area contributed by atoms with Crippen molar-refractivity contribution in [3.63, 3.8) is 0 Å². The van der Waals surface area contributed by atoms with Gasteiger partial charge in [0.15, 0.2) is 0 Å². The predicted octanol–water partition coefficient (Wildman–Crippen LogP) is 2.69. The molecule has 0 aliphatic heterocycles. The molecule has 0 saturated carbocycles. The molecule has 0 bridgehead atoms. The van der Waals surface area contributed by atoms with Gasteiger partial charge in [0.05, 0.1) is 4.92 Å². The number of nitro benzene ring substituents is 1. The number of nitro groups is 1. The van der Waals surface area contributed by atoms with Crippen molar-refractivity contribution < 1.29 is 19.2 Å². The number of benzene rings is 1. The van der Waals surface area contributed by atoms with Gasteiger partial charge in [0.2, 0.25) is 11.3 Å². The molecular formula is C9H4ClNO5. The summed E-state index contributed by atoms with van der Waals surface area (Å²) in [6.07, 6.45) is 0. The molecule has 0 fully saturated rings. The summed E-state index contributed by atoms with van der Waals surface area (Å²) in [7, 11) is 0. The Morgan fingerprint density at radius 2 is 2.12 bits per heavy atom. The molecule has 0 aliphatic carbocycles. The summed E-state index contributed by atoms with van der Waals surface area (Å²) >= 11 is 5.66. The number of hydrogen-bond acceptors (Lipinski definition) is 4. The zero-order valence-corrected chi connectivity index (χ0v) is 8.39. The Morgan fingerprint density at radius 3 is 2.69 bits per heavy atom. The first-order valence-corrected chi connectivity index (χ1v) is 4.47. The Hall–Kier alpha value is -2.08. The number of non-ortho nitro benzene ring substituents is 1. The molecule has 2 aromatic rings. The molecule has 0 unspecified atom stereocenters. The molecule has 1 N–H and O–H groups in total. The molecule has 0 amide bonds. The number of nitrogens with zero attached hydrogens (tertiary/aromatic N) is 1. The van der Waals surface area contributed by atoms with E-state index in [0.717, 1.165) is 6.07 Å². The van der Waals surface area contributed by atoms with Crippen LogP contribution in [0, 0.1) is 10.1 Å². The summed E-state index contributed by atoms with van der Waals surface area (Å²) in [5.41, 5.74) is -0.443. The number of carbonyl (C=O) groups is 1. The quantitative estimate of drug-likeness (QED) is 0.644. The van der Waals surface area contributed by atoms with E-state index in [1.807, 2.05) is 0 Å². The van der Waals surface area contributed by atoms with Gasteiger partial charge in [-0.3, -0.25) is 10.1 Å². The van der Waals surface area contributed by atoms with Gasteiger partial charge in [-0.1, -0.05) is 11.6 Å². The van der Waals surface area contributed by atoms with E-state index in [1.165, 1.54) is 12.1 Å². The summed E-state index contributed by atoms with van der Waals surface area (Å²) in [4.78, 5) is 20.6. The molecule has 7 heteroatoms. The van der Waals surface area contributed by atoms with Crippen LogP contribution in [-0.4, -0.2) is 16.0 Å². The third kappa shape index (κ3) is 1.59. The number of furan rings is 1. The van der Waals surface area contributed by atoms with Gasteiger partial charge in [-0.15, -0.1) is 0 Å². The standard InChI is InChI=1S/C9H4ClNO5/c10-5-1-4-2-7(9(12)13)16-8(4)6(3-5)11(14)15/h1-3H,(H,12,13). The fraction of sp³-hybridized carbons (Fsp3) is 0. The van der Waals surface area contributed by atoms with Gasteiger partial charge in [0.25, 0.3) is 0 Å². The van der Waals surface area contributed by atoms with Crippen LogP contribution >= 0.6 is 11.6 Å². The minimum absolute atomic E-state index is 0.0909. The number of aromatic carboxylic acids is 1. The molecule has 0 spiro atoms. The van der Waals surface area contributed by atoms with Gasteiger partial charge in [0.1, 0.15) is 0 Å². The van der Waals surface area contributed by atoms with Crippen LogP contribution in [0.5, 0.6) is 0 Å². The lowest BCUT2D eigenvalue weighted by Crippen LogP contribution is -1.91. The number of carboxylic acid groups (broad SMARTS) is 1. The van der Waals surface area contributed by atoms with Crippen LogP contribution < -0.4 is 0 Å². The van der Waals surface area contributed by atoms with E-state index in [9.17, 15) is 14.9 Å². The van der Waals surface area contributed by atoms with Crippen molar-refractivity contribution in [1.82, 2.24) is 0 Å². The van der Waals surface area contributed by atoms with E-state index in [4.69, 9.17) is 21.1 Å². The Morgan fingerprint density at radius 1 is 1.44 bits per heavy atom. The van der Waals surface area contributed by atoms with Crippen molar-refractivity contribution in [3.05, 3.63) is 39.1 Å². The maximum atomic E-state index is 10.7. The first kappa shape index (κ1) is 10.4. The first-order chi connectivity index (χ1) is 7.49. The minimum Gasteiger partial charge on any atom is -0.475 e. The van der Waals surface area contributed by atoms with Gasteiger partial charge in [-0.2, -0.15) is 0 Å². The summed E-state index contributed by atoms with van der Waals surface area (Å²) in [5.74, 6) is -1.65. The average Bonchev–Trinajstić information content (AvgIpc) is 2.59. The van der Waals surface area contributed by atoms with Crippen molar-refractivity contribution in [3.8, 4) is 0 Å². The van der Waals surface area contributed by atoms with Gasteiger partial charge in [-0.05, 0) is 12.1 Å². The third-order valence-electron chi connectivity index (χ3n) is 1.97. The van der Waals surface area contributed by atoms with Crippen molar-refractivity contribution in [2.24, 2.45) is 0 Å². The summed E-state index contributed by atoms with van der Waals surface area (Å²) in [6.45, 7) is 0. The molecule has 1 aromatic carbocycles. The second-order valence-electron chi connectivity index (χ2n) is 3.02. The van der Waals surface area contributed by atoms with Crippen LogP contribution in [0.4, 0.5) is 5.69 Å². The summed E-state index contributed by atoms with van der Waals surface area (Å²) in [6, 6.07) is 3.70. The van der Waals surface area contributed by atoms with E-state index in [2.05, 4.69) is 0 Å². The highest BCUT2D eigenvalue weighted by atomic mass is 35.5. The number of hydrogen-bond donors (Lipinski definition) is 1. The van der Waals surface area contributed by atoms with E-state index >= 15 is 0 Å². The van der Waals surface area contributed by atoms with Crippen LogP contribution in [0.3, 0.4) is 0 Å². The Kier molecular flexibility index (Phi) is 2.28. The molecule has 1 aromatic heterocycles. The normalized spacial score (nSPS) is 10.6. The fourth-order valence-electron chi connectivity index (χ4n) is 1.34. The predicted molar refractivity (Wildman–Crippen MR) is 54.8 cm³/mol. The zero-order valence-electron chi connectivity index (χ0n) is 7.64. The minimum atomic E-state index is -1.29. The molecule has 0 atom stereocenters. The zero-order chi connectivity index (χ0) is 11.9. The van der Waals surface area contributed by atoms with Crippen LogP contribution in [-0.2, 0) is 0 Å². The van der Waals surface area contributed by atoms with Crippen molar-refractivity contribution in [2.75, 3.05) is 0 Å². The average molecular weight is 242 g/mol. The summed E-state index contributed by atoms with van der Waals surface area (Å²) in [5, 5.41) is 19.8. The van der Waals surface area contributed by atoms with E-state index in [-0.39, 0.29) is 27.4 Å². The van der Waals surface area contributed by atoms with Gasteiger partial charge in [-0.25, -0.2) is 4.79 Å². The fourth-order valence-corrected chi connectivity index (χ4v) is 1.56. The van der Waals surface area contributed by atoms with Crippen LogP contribution in [0.2, 0.25) is 5.02 Å². The number of carboxylic acids is 1. The third-order valence-corrected chi connectivity index (χ3v) is 2.19. The van der Waals surface area contributed by atoms with Crippen molar-refractivity contribution in [2.45, 2.75) is 0 Å². The lowest BCUT2D eigenvalue weighted by Gasteiger charge is -1.93. The lowest BCUT2D eigenvalue weighted by atomic mass is 10.2.